The molecule has 0 aliphatic heterocycles. The summed E-state index contributed by atoms with van der Waals surface area (Å²) in [5, 5.41) is 16.5. The van der Waals surface area contributed by atoms with Crippen molar-refractivity contribution in [1.82, 2.24) is 9.97 Å². The van der Waals surface area contributed by atoms with Crippen molar-refractivity contribution >= 4 is 17.5 Å². The molecule has 21 heavy (non-hydrogen) atoms. The molecule has 0 unspecified atom stereocenters. The summed E-state index contributed by atoms with van der Waals surface area (Å²) in [6, 6.07) is 6.20. The molecule has 1 aromatic heterocycles. The monoisotopic (exact) mass is 291 g/mol. The van der Waals surface area contributed by atoms with Crippen molar-refractivity contribution in [2.45, 2.75) is 6.42 Å². The van der Waals surface area contributed by atoms with Gasteiger partial charge in [-0.3, -0.25) is 10.1 Å². The van der Waals surface area contributed by atoms with Crippen LogP contribution in [0.15, 0.2) is 30.5 Å². The van der Waals surface area contributed by atoms with E-state index in [9.17, 15) is 14.5 Å². The molecule has 0 aliphatic carbocycles. The molecule has 0 atom stereocenters. The van der Waals surface area contributed by atoms with Crippen LogP contribution in [0.25, 0.3) is 0 Å². The number of nitro groups is 1. The molecule has 0 amide bonds. The highest BCUT2D eigenvalue weighted by atomic mass is 19.1. The standard InChI is InChI=1S/C13H14FN5O2/c1-15-13-17-8-11(19(20)21)12(18-13)16-6-5-9-3-2-4-10(14)7-9/h2-4,7-8H,5-6H2,1H3,(H2,15,16,17,18). The van der Waals surface area contributed by atoms with E-state index in [0.29, 0.717) is 13.0 Å². The smallest absolute Gasteiger partial charge is 0.329 e. The number of halogens is 1. The predicted octanol–water partition coefficient (Wildman–Crippen LogP) is 2.22. The Kier molecular flexibility index (Phi) is 4.60. The first kappa shape index (κ1) is 14.6. The third-order valence-corrected chi connectivity index (χ3v) is 2.78. The summed E-state index contributed by atoms with van der Waals surface area (Å²) in [7, 11) is 1.62. The van der Waals surface area contributed by atoms with Gasteiger partial charge in [0.05, 0.1) is 4.92 Å². The minimum atomic E-state index is -0.552. The maximum absolute atomic E-state index is 13.0. The number of hydrogen-bond donors (Lipinski definition) is 2. The third kappa shape index (κ3) is 3.85. The number of anilines is 2. The van der Waals surface area contributed by atoms with E-state index in [4.69, 9.17) is 0 Å². The fourth-order valence-corrected chi connectivity index (χ4v) is 1.78. The first-order valence-electron chi connectivity index (χ1n) is 6.27. The molecule has 2 rings (SSSR count). The highest BCUT2D eigenvalue weighted by molar-refractivity contribution is 5.56. The molecule has 0 saturated heterocycles. The highest BCUT2D eigenvalue weighted by Gasteiger charge is 2.16. The fourth-order valence-electron chi connectivity index (χ4n) is 1.78. The van der Waals surface area contributed by atoms with Gasteiger partial charge in [0.2, 0.25) is 11.8 Å². The van der Waals surface area contributed by atoms with E-state index in [-0.39, 0.29) is 23.3 Å². The van der Waals surface area contributed by atoms with E-state index >= 15 is 0 Å². The second-order valence-corrected chi connectivity index (χ2v) is 4.24. The predicted molar refractivity (Wildman–Crippen MR) is 76.8 cm³/mol. The van der Waals surface area contributed by atoms with Crippen LogP contribution in [0.4, 0.5) is 21.8 Å². The Morgan fingerprint density at radius 3 is 2.90 bits per heavy atom. The Labute approximate surface area is 120 Å². The van der Waals surface area contributed by atoms with Crippen LogP contribution in [-0.4, -0.2) is 28.5 Å². The van der Waals surface area contributed by atoms with E-state index in [1.807, 2.05) is 0 Å². The summed E-state index contributed by atoms with van der Waals surface area (Å²) >= 11 is 0. The molecule has 2 aromatic rings. The first-order valence-corrected chi connectivity index (χ1v) is 6.27. The van der Waals surface area contributed by atoms with Gasteiger partial charge >= 0.3 is 5.69 Å². The van der Waals surface area contributed by atoms with Crippen molar-refractivity contribution in [2.75, 3.05) is 24.2 Å². The van der Waals surface area contributed by atoms with Gasteiger partial charge in [0, 0.05) is 13.6 Å². The number of rotatable bonds is 6. The Morgan fingerprint density at radius 2 is 2.24 bits per heavy atom. The maximum atomic E-state index is 13.0. The lowest BCUT2D eigenvalue weighted by molar-refractivity contribution is -0.384. The SMILES string of the molecule is CNc1ncc([N+](=O)[O-])c(NCCc2cccc(F)c2)n1. The van der Waals surface area contributed by atoms with E-state index < -0.39 is 4.92 Å². The maximum Gasteiger partial charge on any atom is 0.329 e. The van der Waals surface area contributed by atoms with Crippen molar-refractivity contribution in [3.63, 3.8) is 0 Å². The van der Waals surface area contributed by atoms with E-state index in [0.717, 1.165) is 11.8 Å². The number of benzene rings is 1. The van der Waals surface area contributed by atoms with Crippen molar-refractivity contribution in [3.8, 4) is 0 Å². The lowest BCUT2D eigenvalue weighted by Crippen LogP contribution is -2.10. The molecule has 0 fully saturated rings. The highest BCUT2D eigenvalue weighted by Crippen LogP contribution is 2.21. The Balaban J connectivity index is 2.06. The molecule has 0 radical (unpaired) electrons. The number of nitrogens with one attached hydrogen (secondary N) is 2. The molecule has 1 aromatic carbocycles. The third-order valence-electron chi connectivity index (χ3n) is 2.78. The molecule has 0 spiro atoms. The molecule has 7 nitrogen and oxygen atoms in total. The zero-order valence-corrected chi connectivity index (χ0v) is 11.3. The summed E-state index contributed by atoms with van der Waals surface area (Å²) < 4.78 is 13.0. The van der Waals surface area contributed by atoms with E-state index in [1.54, 1.807) is 19.2 Å². The van der Waals surface area contributed by atoms with Crippen LogP contribution in [0.1, 0.15) is 5.56 Å². The van der Waals surface area contributed by atoms with Gasteiger partial charge in [-0.2, -0.15) is 4.98 Å². The Morgan fingerprint density at radius 1 is 1.43 bits per heavy atom. The minimum absolute atomic E-state index is 0.135. The molecule has 0 saturated carbocycles. The zero-order chi connectivity index (χ0) is 15.2. The summed E-state index contributed by atoms with van der Waals surface area (Å²) in [6.07, 6.45) is 1.66. The largest absolute Gasteiger partial charge is 0.364 e. The van der Waals surface area contributed by atoms with Gasteiger partial charge in [-0.25, -0.2) is 9.37 Å². The van der Waals surface area contributed by atoms with Gasteiger partial charge in [0.25, 0.3) is 0 Å². The van der Waals surface area contributed by atoms with Crippen LogP contribution in [0.3, 0.4) is 0 Å². The van der Waals surface area contributed by atoms with E-state index in [1.165, 1.54) is 12.1 Å². The lowest BCUT2D eigenvalue weighted by Gasteiger charge is -2.07. The molecular weight excluding hydrogens is 277 g/mol. The van der Waals surface area contributed by atoms with E-state index in [2.05, 4.69) is 20.6 Å². The van der Waals surface area contributed by atoms with Crippen LogP contribution in [0.2, 0.25) is 0 Å². The second-order valence-electron chi connectivity index (χ2n) is 4.24. The molecule has 8 heteroatoms. The van der Waals surface area contributed by atoms with Gasteiger partial charge in [-0.15, -0.1) is 0 Å². The molecule has 0 aliphatic rings. The number of hydrogen-bond acceptors (Lipinski definition) is 6. The molecule has 0 bridgehead atoms. The summed E-state index contributed by atoms with van der Waals surface area (Å²) in [6.45, 7) is 0.393. The first-order chi connectivity index (χ1) is 10.1. The average molecular weight is 291 g/mol. The summed E-state index contributed by atoms with van der Waals surface area (Å²) in [5.41, 5.74) is 0.598. The quantitative estimate of drug-likeness (QED) is 0.626. The molecule has 1 heterocycles. The van der Waals surface area contributed by atoms with Crippen molar-refractivity contribution in [1.29, 1.82) is 0 Å². The number of nitrogens with zero attached hydrogens (tertiary/aromatic N) is 3. The Hall–Kier alpha value is -2.77. The van der Waals surface area contributed by atoms with Crippen LogP contribution >= 0.6 is 0 Å². The topological polar surface area (TPSA) is 93.0 Å². The van der Waals surface area contributed by atoms with Crippen molar-refractivity contribution < 1.29 is 9.31 Å². The van der Waals surface area contributed by atoms with Crippen LogP contribution in [0, 0.1) is 15.9 Å². The lowest BCUT2D eigenvalue weighted by atomic mass is 10.1. The zero-order valence-electron chi connectivity index (χ0n) is 11.3. The summed E-state index contributed by atoms with van der Waals surface area (Å²) in [4.78, 5) is 18.2. The van der Waals surface area contributed by atoms with Crippen LogP contribution < -0.4 is 10.6 Å². The van der Waals surface area contributed by atoms with Crippen molar-refractivity contribution in [3.05, 3.63) is 52.0 Å². The average Bonchev–Trinajstić information content (AvgIpc) is 2.47. The van der Waals surface area contributed by atoms with Gasteiger partial charge in [0.15, 0.2) is 0 Å². The van der Waals surface area contributed by atoms with Crippen molar-refractivity contribution in [2.24, 2.45) is 0 Å². The fraction of sp³-hybridized carbons (Fsp3) is 0.231. The number of aromatic nitrogens is 2. The Bertz CT molecular complexity index is 650. The van der Waals surface area contributed by atoms with Gasteiger partial charge in [-0.1, -0.05) is 12.1 Å². The minimum Gasteiger partial charge on any atom is -0.364 e. The normalized spacial score (nSPS) is 10.2. The van der Waals surface area contributed by atoms with Gasteiger partial charge in [-0.05, 0) is 24.1 Å². The van der Waals surface area contributed by atoms with Gasteiger partial charge in [0.1, 0.15) is 12.0 Å². The van der Waals surface area contributed by atoms with Gasteiger partial charge < -0.3 is 10.6 Å². The molecule has 110 valence electrons. The molecule has 2 N–H and O–H groups in total. The van der Waals surface area contributed by atoms with Crippen LogP contribution in [-0.2, 0) is 6.42 Å². The molecular formula is C13H14FN5O2. The summed E-state index contributed by atoms with van der Waals surface area (Å²) in [5.74, 6) is 0.114. The van der Waals surface area contributed by atoms with Crippen LogP contribution in [0.5, 0.6) is 0 Å². The second kappa shape index (κ2) is 6.60.